The molecule has 0 saturated carbocycles. The van der Waals surface area contributed by atoms with Gasteiger partial charge in [0.15, 0.2) is 0 Å². The number of sulfonamides is 1. The van der Waals surface area contributed by atoms with Crippen LogP contribution in [0.25, 0.3) is 0 Å². The van der Waals surface area contributed by atoms with Crippen LogP contribution >= 0.6 is 0 Å². The predicted molar refractivity (Wildman–Crippen MR) is 78.4 cm³/mol. The minimum atomic E-state index is -3.42. The summed E-state index contributed by atoms with van der Waals surface area (Å²) in [6.07, 6.45) is 2.14. The summed E-state index contributed by atoms with van der Waals surface area (Å²) in [5.41, 5.74) is 0.839. The Bertz CT molecular complexity index is 646. The zero-order valence-electron chi connectivity index (χ0n) is 11.5. The Morgan fingerprint density at radius 2 is 1.95 bits per heavy atom. The highest BCUT2D eigenvalue weighted by Gasteiger charge is 2.32. The Balaban J connectivity index is 1.87. The third-order valence-electron chi connectivity index (χ3n) is 4.09. The fourth-order valence-corrected chi connectivity index (χ4v) is 3.96. The van der Waals surface area contributed by atoms with Gasteiger partial charge >= 0.3 is 0 Å². The van der Waals surface area contributed by atoms with Crippen molar-refractivity contribution in [2.75, 3.05) is 19.6 Å². The fourth-order valence-electron chi connectivity index (χ4n) is 2.71. The van der Waals surface area contributed by atoms with E-state index < -0.39 is 10.0 Å². The smallest absolute Gasteiger partial charge is 0.263 e. The lowest BCUT2D eigenvalue weighted by molar-refractivity contribution is 0.240. The lowest BCUT2D eigenvalue weighted by Gasteiger charge is -2.32. The molecule has 0 aliphatic carbocycles. The number of nitrogens with one attached hydrogen (secondary N) is 2. The molecule has 0 aromatic heterocycles. The van der Waals surface area contributed by atoms with Crippen molar-refractivity contribution in [2.45, 2.75) is 24.7 Å². The van der Waals surface area contributed by atoms with Crippen LogP contribution in [0.5, 0.6) is 0 Å². The molecule has 0 spiro atoms. The number of fused-ring (bicyclic) bond motifs is 1. The van der Waals surface area contributed by atoms with Crippen molar-refractivity contribution in [2.24, 2.45) is 10.4 Å². The number of nitrogens with zero attached hydrogens (tertiary/aromatic N) is 1. The minimum absolute atomic E-state index is 0.154. The third kappa shape index (κ3) is 2.45. The van der Waals surface area contributed by atoms with Gasteiger partial charge in [-0.05, 0) is 43.5 Å². The molecule has 1 saturated heterocycles. The maximum Gasteiger partial charge on any atom is 0.263 e. The van der Waals surface area contributed by atoms with Gasteiger partial charge in [-0.2, -0.15) is 0 Å². The van der Waals surface area contributed by atoms with Gasteiger partial charge in [-0.25, -0.2) is 8.42 Å². The largest absolute Gasteiger partial charge is 0.317 e. The molecule has 20 heavy (non-hydrogen) atoms. The van der Waals surface area contributed by atoms with E-state index in [0.29, 0.717) is 22.8 Å². The number of rotatable bonds is 2. The number of benzene rings is 1. The van der Waals surface area contributed by atoms with Crippen molar-refractivity contribution in [1.29, 1.82) is 0 Å². The van der Waals surface area contributed by atoms with Crippen molar-refractivity contribution < 1.29 is 8.42 Å². The first-order valence-electron chi connectivity index (χ1n) is 6.88. The summed E-state index contributed by atoms with van der Waals surface area (Å²) in [5.74, 6) is 0.486. The van der Waals surface area contributed by atoms with E-state index in [-0.39, 0.29) is 5.41 Å². The van der Waals surface area contributed by atoms with Gasteiger partial charge in [-0.3, -0.25) is 9.71 Å². The van der Waals surface area contributed by atoms with Crippen LogP contribution < -0.4 is 10.0 Å². The summed E-state index contributed by atoms with van der Waals surface area (Å²) >= 11 is 0. The summed E-state index contributed by atoms with van der Waals surface area (Å²) in [6.45, 7) is 4.88. The van der Waals surface area contributed by atoms with Gasteiger partial charge in [0.2, 0.25) is 0 Å². The average Bonchev–Trinajstić information content (AvgIpc) is 2.70. The minimum Gasteiger partial charge on any atom is -0.317 e. The standard InChI is InChI=1S/C14H19N3O2S/c1-14(6-8-15-9-7-14)10-16-13-11-4-2-3-5-12(11)20(18,19)17-13/h2-5,15H,6-10H2,1H3,(H,16,17). The fraction of sp³-hybridized carbons (Fsp3) is 0.500. The summed E-state index contributed by atoms with van der Waals surface area (Å²) < 4.78 is 26.5. The Kier molecular flexibility index (Phi) is 3.30. The Morgan fingerprint density at radius 1 is 1.25 bits per heavy atom. The van der Waals surface area contributed by atoms with E-state index in [2.05, 4.69) is 22.0 Å². The maximum atomic E-state index is 12.0. The second-order valence-corrected chi connectivity index (χ2v) is 7.48. The van der Waals surface area contributed by atoms with E-state index in [9.17, 15) is 8.42 Å². The van der Waals surface area contributed by atoms with Gasteiger partial charge in [0, 0.05) is 12.1 Å². The Morgan fingerprint density at radius 3 is 2.70 bits per heavy atom. The molecule has 2 aliphatic heterocycles. The van der Waals surface area contributed by atoms with E-state index >= 15 is 0 Å². The second kappa shape index (κ2) is 4.86. The molecule has 0 atom stereocenters. The first kappa shape index (κ1) is 13.6. The molecule has 3 rings (SSSR count). The molecule has 1 aromatic carbocycles. The molecule has 2 heterocycles. The Hall–Kier alpha value is -1.40. The molecular weight excluding hydrogens is 274 g/mol. The first-order valence-corrected chi connectivity index (χ1v) is 8.36. The summed E-state index contributed by atoms with van der Waals surface area (Å²) in [5, 5.41) is 3.34. The number of piperidine rings is 1. The highest BCUT2D eigenvalue weighted by Crippen LogP contribution is 2.29. The molecule has 108 valence electrons. The Labute approximate surface area is 119 Å². The van der Waals surface area contributed by atoms with E-state index in [1.807, 2.05) is 6.07 Å². The zero-order chi connectivity index (χ0) is 14.2. The van der Waals surface area contributed by atoms with Gasteiger partial charge < -0.3 is 5.32 Å². The van der Waals surface area contributed by atoms with Crippen LogP contribution in [-0.2, 0) is 10.0 Å². The number of amidine groups is 1. The quantitative estimate of drug-likeness (QED) is 0.858. The van der Waals surface area contributed by atoms with Gasteiger partial charge in [-0.1, -0.05) is 19.1 Å². The number of hydrogen-bond donors (Lipinski definition) is 2. The summed E-state index contributed by atoms with van der Waals surface area (Å²) in [6, 6.07) is 6.99. The van der Waals surface area contributed by atoms with Gasteiger partial charge in [0.1, 0.15) is 5.84 Å². The normalized spacial score (nSPS) is 25.1. The van der Waals surface area contributed by atoms with Crippen LogP contribution in [0, 0.1) is 5.41 Å². The molecule has 0 radical (unpaired) electrons. The molecule has 0 bridgehead atoms. The second-order valence-electron chi connectivity index (χ2n) is 5.83. The monoisotopic (exact) mass is 293 g/mol. The lowest BCUT2D eigenvalue weighted by atomic mass is 9.81. The van der Waals surface area contributed by atoms with Crippen LogP contribution in [0.3, 0.4) is 0 Å². The van der Waals surface area contributed by atoms with Gasteiger partial charge in [0.05, 0.1) is 4.90 Å². The van der Waals surface area contributed by atoms with Crippen molar-refractivity contribution in [3.05, 3.63) is 29.8 Å². The van der Waals surface area contributed by atoms with E-state index in [1.165, 1.54) is 0 Å². The molecule has 1 fully saturated rings. The highest BCUT2D eigenvalue weighted by atomic mass is 32.2. The van der Waals surface area contributed by atoms with Crippen LogP contribution in [-0.4, -0.2) is 33.9 Å². The summed E-state index contributed by atoms with van der Waals surface area (Å²) in [7, 11) is -3.42. The third-order valence-corrected chi connectivity index (χ3v) is 5.49. The molecular formula is C14H19N3O2S. The van der Waals surface area contributed by atoms with Crippen LogP contribution in [0.4, 0.5) is 0 Å². The molecule has 1 aromatic rings. The maximum absolute atomic E-state index is 12.0. The molecule has 0 unspecified atom stereocenters. The molecule has 2 N–H and O–H groups in total. The lowest BCUT2D eigenvalue weighted by Crippen LogP contribution is -2.37. The van der Waals surface area contributed by atoms with Gasteiger partial charge in [-0.15, -0.1) is 0 Å². The molecule has 5 nitrogen and oxygen atoms in total. The first-order chi connectivity index (χ1) is 9.50. The average molecular weight is 293 g/mol. The molecule has 0 amide bonds. The van der Waals surface area contributed by atoms with Crippen molar-refractivity contribution in [3.63, 3.8) is 0 Å². The number of aliphatic imine (C=N–C) groups is 1. The van der Waals surface area contributed by atoms with E-state index in [4.69, 9.17) is 0 Å². The topological polar surface area (TPSA) is 70.6 Å². The van der Waals surface area contributed by atoms with E-state index in [1.54, 1.807) is 18.2 Å². The van der Waals surface area contributed by atoms with Crippen molar-refractivity contribution in [1.82, 2.24) is 10.0 Å². The zero-order valence-corrected chi connectivity index (χ0v) is 12.3. The van der Waals surface area contributed by atoms with Crippen molar-refractivity contribution in [3.8, 4) is 0 Å². The highest BCUT2D eigenvalue weighted by molar-refractivity contribution is 7.90. The SMILES string of the molecule is CC1(CN=C2NS(=O)(=O)c3ccccc32)CCNCC1. The van der Waals surface area contributed by atoms with Gasteiger partial charge in [0.25, 0.3) is 10.0 Å². The predicted octanol–water partition coefficient (Wildman–Crippen LogP) is 1.11. The summed E-state index contributed by atoms with van der Waals surface area (Å²) in [4.78, 5) is 4.88. The van der Waals surface area contributed by atoms with Crippen LogP contribution in [0.1, 0.15) is 25.3 Å². The van der Waals surface area contributed by atoms with E-state index in [0.717, 1.165) is 25.9 Å². The molecule has 6 heteroatoms. The molecule has 2 aliphatic rings. The van der Waals surface area contributed by atoms with Crippen LogP contribution in [0.15, 0.2) is 34.2 Å². The van der Waals surface area contributed by atoms with Crippen molar-refractivity contribution >= 4 is 15.9 Å². The number of hydrogen-bond acceptors (Lipinski definition) is 4. The van der Waals surface area contributed by atoms with Crippen LogP contribution in [0.2, 0.25) is 0 Å².